The van der Waals surface area contributed by atoms with Crippen LogP contribution in [0.4, 0.5) is 5.82 Å². The lowest BCUT2D eigenvalue weighted by molar-refractivity contribution is 0.578. The van der Waals surface area contributed by atoms with Crippen LogP contribution < -0.4 is 5.32 Å². The lowest BCUT2D eigenvalue weighted by Crippen LogP contribution is -2.09. The summed E-state index contributed by atoms with van der Waals surface area (Å²) < 4.78 is 4.03. The van der Waals surface area contributed by atoms with Crippen LogP contribution in [0.3, 0.4) is 0 Å². The van der Waals surface area contributed by atoms with Crippen molar-refractivity contribution in [2.75, 3.05) is 5.32 Å². The van der Waals surface area contributed by atoms with Crippen molar-refractivity contribution < 1.29 is 0 Å². The zero-order valence-electron chi connectivity index (χ0n) is 11.3. The monoisotopic (exact) mass is 247 g/mol. The minimum Gasteiger partial charge on any atom is -0.363 e. The smallest absolute Gasteiger partial charge is 0.148 e. The molecule has 0 aliphatic rings. The van der Waals surface area contributed by atoms with Crippen molar-refractivity contribution in [1.82, 2.24) is 19.6 Å². The van der Waals surface area contributed by atoms with Gasteiger partial charge in [0.15, 0.2) is 0 Å². The third kappa shape index (κ3) is 2.72. The van der Waals surface area contributed by atoms with Crippen LogP contribution in [0.5, 0.6) is 0 Å². The Labute approximate surface area is 108 Å². The molecule has 0 saturated heterocycles. The molecule has 0 saturated carbocycles. The molecule has 5 nitrogen and oxygen atoms in total. The summed E-state index contributed by atoms with van der Waals surface area (Å²) >= 11 is 0. The van der Waals surface area contributed by atoms with Gasteiger partial charge in [-0.25, -0.2) is 0 Å². The number of aryl methyl sites for hydroxylation is 3. The fraction of sp³-hybridized carbons (Fsp3) is 0.538. The second-order valence-electron chi connectivity index (χ2n) is 4.39. The van der Waals surface area contributed by atoms with Gasteiger partial charge in [-0.2, -0.15) is 10.2 Å². The van der Waals surface area contributed by atoms with Crippen LogP contribution in [-0.4, -0.2) is 19.6 Å². The molecular formula is C13H21N5. The predicted octanol–water partition coefficient (Wildman–Crippen LogP) is 2.43. The third-order valence-corrected chi connectivity index (χ3v) is 2.97. The van der Waals surface area contributed by atoms with Crippen molar-refractivity contribution in [3.63, 3.8) is 0 Å². The van der Waals surface area contributed by atoms with Gasteiger partial charge in [0.25, 0.3) is 0 Å². The number of hydrogen-bond donors (Lipinski definition) is 1. The Kier molecular flexibility index (Phi) is 4.02. The summed E-state index contributed by atoms with van der Waals surface area (Å²) in [4.78, 5) is 0. The summed E-state index contributed by atoms with van der Waals surface area (Å²) in [5.41, 5.74) is 2.38. The van der Waals surface area contributed by atoms with Gasteiger partial charge >= 0.3 is 0 Å². The van der Waals surface area contributed by atoms with Crippen LogP contribution in [0.15, 0.2) is 18.3 Å². The lowest BCUT2D eigenvalue weighted by atomic mass is 10.4. The van der Waals surface area contributed by atoms with E-state index in [1.807, 2.05) is 21.6 Å². The second-order valence-corrected chi connectivity index (χ2v) is 4.39. The van der Waals surface area contributed by atoms with E-state index in [2.05, 4.69) is 42.4 Å². The standard InChI is InChI=1S/C13H21N5/c1-4-8-18-12(6-7-15-18)10-14-13-9-11(3)17(5-2)16-13/h6-7,9H,4-5,8,10H2,1-3H3,(H,14,16). The van der Waals surface area contributed by atoms with Gasteiger partial charge < -0.3 is 5.32 Å². The van der Waals surface area contributed by atoms with Crippen LogP contribution in [0, 0.1) is 6.92 Å². The van der Waals surface area contributed by atoms with Gasteiger partial charge in [-0.1, -0.05) is 6.92 Å². The molecule has 0 amide bonds. The number of anilines is 1. The van der Waals surface area contributed by atoms with Gasteiger partial charge in [0.05, 0.1) is 12.2 Å². The first-order valence-corrected chi connectivity index (χ1v) is 6.53. The first-order chi connectivity index (χ1) is 8.74. The fourth-order valence-electron chi connectivity index (χ4n) is 2.02. The molecule has 0 aromatic carbocycles. The maximum atomic E-state index is 4.48. The van der Waals surface area contributed by atoms with Gasteiger partial charge in [0.2, 0.25) is 0 Å². The predicted molar refractivity (Wildman–Crippen MR) is 72.5 cm³/mol. The molecule has 5 heteroatoms. The second kappa shape index (κ2) is 5.71. The van der Waals surface area contributed by atoms with Gasteiger partial charge in [0.1, 0.15) is 5.82 Å². The summed E-state index contributed by atoms with van der Waals surface area (Å²) in [6.07, 6.45) is 2.95. The molecule has 0 spiro atoms. The number of nitrogens with one attached hydrogen (secondary N) is 1. The first kappa shape index (κ1) is 12.7. The molecule has 98 valence electrons. The van der Waals surface area contributed by atoms with E-state index >= 15 is 0 Å². The highest BCUT2D eigenvalue weighted by Gasteiger charge is 2.05. The molecule has 0 aliphatic carbocycles. The van der Waals surface area contributed by atoms with Crippen molar-refractivity contribution in [2.45, 2.75) is 46.8 Å². The summed E-state index contributed by atoms with van der Waals surface area (Å²) in [5.74, 6) is 0.929. The van der Waals surface area contributed by atoms with Crippen molar-refractivity contribution >= 4 is 5.82 Å². The van der Waals surface area contributed by atoms with E-state index in [0.29, 0.717) is 0 Å². The van der Waals surface area contributed by atoms with Gasteiger partial charge in [0, 0.05) is 31.0 Å². The zero-order valence-corrected chi connectivity index (χ0v) is 11.3. The van der Waals surface area contributed by atoms with E-state index < -0.39 is 0 Å². The van der Waals surface area contributed by atoms with E-state index in [9.17, 15) is 0 Å². The number of aromatic nitrogens is 4. The minimum atomic E-state index is 0.764. The van der Waals surface area contributed by atoms with Crippen LogP contribution in [0.1, 0.15) is 31.7 Å². The molecule has 2 aromatic heterocycles. The number of nitrogens with zero attached hydrogens (tertiary/aromatic N) is 4. The molecule has 18 heavy (non-hydrogen) atoms. The normalized spacial score (nSPS) is 10.8. The Balaban J connectivity index is 1.99. The molecular weight excluding hydrogens is 226 g/mol. The van der Waals surface area contributed by atoms with Crippen LogP contribution in [0.2, 0.25) is 0 Å². The molecule has 0 fully saturated rings. The molecule has 0 bridgehead atoms. The average molecular weight is 247 g/mol. The van der Waals surface area contributed by atoms with Crippen molar-refractivity contribution in [2.24, 2.45) is 0 Å². The average Bonchev–Trinajstić information content (AvgIpc) is 2.94. The molecule has 0 atom stereocenters. The summed E-state index contributed by atoms with van der Waals surface area (Å²) in [5, 5.41) is 12.1. The third-order valence-electron chi connectivity index (χ3n) is 2.97. The van der Waals surface area contributed by atoms with E-state index in [1.165, 1.54) is 11.4 Å². The molecule has 0 aliphatic heterocycles. The minimum absolute atomic E-state index is 0.764. The maximum Gasteiger partial charge on any atom is 0.148 e. The highest BCUT2D eigenvalue weighted by molar-refractivity contribution is 5.36. The molecule has 0 radical (unpaired) electrons. The van der Waals surface area contributed by atoms with Crippen LogP contribution in [-0.2, 0) is 19.6 Å². The number of rotatable bonds is 6. The van der Waals surface area contributed by atoms with Gasteiger partial charge in [-0.15, -0.1) is 0 Å². The van der Waals surface area contributed by atoms with E-state index in [0.717, 1.165) is 31.9 Å². The topological polar surface area (TPSA) is 47.7 Å². The van der Waals surface area contributed by atoms with Gasteiger partial charge in [-0.3, -0.25) is 9.36 Å². The fourth-order valence-corrected chi connectivity index (χ4v) is 2.02. The molecule has 2 rings (SSSR count). The zero-order chi connectivity index (χ0) is 13.0. The SMILES string of the molecule is CCCn1nccc1CNc1cc(C)n(CC)n1. The van der Waals surface area contributed by atoms with E-state index in [1.54, 1.807) is 0 Å². The van der Waals surface area contributed by atoms with Crippen LogP contribution in [0.25, 0.3) is 0 Å². The summed E-state index contributed by atoms with van der Waals surface area (Å²) in [6, 6.07) is 4.12. The summed E-state index contributed by atoms with van der Waals surface area (Å²) in [6.45, 7) is 8.96. The van der Waals surface area contributed by atoms with Crippen molar-refractivity contribution in [3.05, 3.63) is 29.7 Å². The lowest BCUT2D eigenvalue weighted by Gasteiger charge is -2.06. The Morgan fingerprint density at radius 1 is 1.28 bits per heavy atom. The Morgan fingerprint density at radius 3 is 2.78 bits per heavy atom. The number of hydrogen-bond acceptors (Lipinski definition) is 3. The largest absolute Gasteiger partial charge is 0.363 e. The maximum absolute atomic E-state index is 4.48. The highest BCUT2D eigenvalue weighted by Crippen LogP contribution is 2.10. The van der Waals surface area contributed by atoms with E-state index in [-0.39, 0.29) is 0 Å². The first-order valence-electron chi connectivity index (χ1n) is 6.53. The molecule has 0 unspecified atom stereocenters. The van der Waals surface area contributed by atoms with Crippen LogP contribution >= 0.6 is 0 Å². The Morgan fingerprint density at radius 2 is 2.11 bits per heavy atom. The van der Waals surface area contributed by atoms with E-state index in [4.69, 9.17) is 0 Å². The molecule has 2 heterocycles. The summed E-state index contributed by atoms with van der Waals surface area (Å²) in [7, 11) is 0. The Bertz CT molecular complexity index is 497. The van der Waals surface area contributed by atoms with Crippen molar-refractivity contribution in [1.29, 1.82) is 0 Å². The van der Waals surface area contributed by atoms with Crippen molar-refractivity contribution in [3.8, 4) is 0 Å². The molecule has 2 aromatic rings. The van der Waals surface area contributed by atoms with Gasteiger partial charge in [-0.05, 0) is 26.3 Å². The molecule has 1 N–H and O–H groups in total. The highest BCUT2D eigenvalue weighted by atomic mass is 15.3. The quantitative estimate of drug-likeness (QED) is 0.853. The Hall–Kier alpha value is -1.78.